The van der Waals surface area contributed by atoms with Gasteiger partial charge in [0.1, 0.15) is 11.2 Å². The van der Waals surface area contributed by atoms with Crippen LogP contribution in [0.5, 0.6) is 0 Å². The molecular weight excluding hydrogens is 526 g/mol. The van der Waals surface area contributed by atoms with E-state index in [1.54, 1.807) is 12.3 Å². The van der Waals surface area contributed by atoms with Crippen LogP contribution >= 0.6 is 11.3 Å². The summed E-state index contributed by atoms with van der Waals surface area (Å²) in [6.45, 7) is 2.00. The molecule has 0 saturated heterocycles. The highest BCUT2D eigenvalue weighted by molar-refractivity contribution is 7.13. The Bertz CT molecular complexity index is 1790. The number of carbonyl (C=O) groups is 1. The molecule has 1 unspecified atom stereocenters. The summed E-state index contributed by atoms with van der Waals surface area (Å²) in [6, 6.07) is 30.9. The minimum Gasteiger partial charge on any atom is -0.384 e. The van der Waals surface area contributed by atoms with Crippen molar-refractivity contribution in [1.82, 2.24) is 9.97 Å². The maximum atomic E-state index is 14.1. The molecular formula is C34H27N5OS. The van der Waals surface area contributed by atoms with E-state index in [1.165, 1.54) is 11.3 Å². The standard InChI is InChI=1S/C34H27N5OS/c1-33(19-34(20-35)27-8-4-2-6-25(27)30(33)26-7-3-5-9-28(26)34)31(40)39-32-38-24(18-41-32)16-21-10-12-22(13-11-21)23-14-15-29(36)37-17-23/h2-15,17-18,30H,16,19H2,1H3,(H2,36,37)(H,38,39,40). The maximum Gasteiger partial charge on any atom is 0.233 e. The predicted octanol–water partition coefficient (Wildman–Crippen LogP) is 6.68. The molecule has 3 aliphatic carbocycles. The summed E-state index contributed by atoms with van der Waals surface area (Å²) >= 11 is 1.43. The topological polar surface area (TPSA) is 105 Å². The van der Waals surface area contributed by atoms with Gasteiger partial charge in [0.25, 0.3) is 0 Å². The Morgan fingerprint density at radius 3 is 2.29 bits per heavy atom. The Morgan fingerprint density at radius 2 is 1.66 bits per heavy atom. The molecule has 0 saturated carbocycles. The zero-order chi connectivity index (χ0) is 28.2. The van der Waals surface area contributed by atoms with E-state index in [2.05, 4.69) is 52.8 Å². The van der Waals surface area contributed by atoms with Crippen LogP contribution in [0.25, 0.3) is 11.1 Å². The van der Waals surface area contributed by atoms with E-state index < -0.39 is 10.8 Å². The van der Waals surface area contributed by atoms with Gasteiger partial charge in [-0.1, -0.05) is 72.8 Å². The lowest BCUT2D eigenvalue weighted by atomic mass is 9.47. The minimum absolute atomic E-state index is 0.103. The van der Waals surface area contributed by atoms with Gasteiger partial charge in [-0.05, 0) is 58.9 Å². The molecule has 8 rings (SSSR count). The number of nitrogens with zero attached hydrogens (tertiary/aromatic N) is 3. The van der Waals surface area contributed by atoms with Gasteiger partial charge in [0.05, 0.1) is 17.2 Å². The van der Waals surface area contributed by atoms with Gasteiger partial charge in [0, 0.05) is 29.5 Å². The summed E-state index contributed by atoms with van der Waals surface area (Å²) in [6.07, 6.45) is 2.86. The van der Waals surface area contributed by atoms with Crippen molar-refractivity contribution < 1.29 is 4.79 Å². The van der Waals surface area contributed by atoms with Crippen LogP contribution in [0.3, 0.4) is 0 Å². The number of thiazole rings is 1. The number of hydrogen-bond donors (Lipinski definition) is 2. The molecule has 2 bridgehead atoms. The van der Waals surface area contributed by atoms with Gasteiger partial charge in [-0.2, -0.15) is 5.26 Å². The lowest BCUT2D eigenvalue weighted by Gasteiger charge is -2.54. The summed E-state index contributed by atoms with van der Waals surface area (Å²) in [5.74, 6) is 0.258. The molecule has 41 heavy (non-hydrogen) atoms. The highest BCUT2D eigenvalue weighted by atomic mass is 32.1. The first-order valence-corrected chi connectivity index (χ1v) is 14.5. The third-order valence-electron chi connectivity index (χ3n) is 8.67. The van der Waals surface area contributed by atoms with Crippen LogP contribution < -0.4 is 11.1 Å². The predicted molar refractivity (Wildman–Crippen MR) is 161 cm³/mol. The highest BCUT2D eigenvalue weighted by Crippen LogP contribution is 2.63. The Balaban J connectivity index is 1.13. The number of pyridine rings is 1. The van der Waals surface area contributed by atoms with E-state index in [0.29, 0.717) is 23.8 Å². The molecule has 3 N–H and O–H groups in total. The van der Waals surface area contributed by atoms with E-state index in [4.69, 9.17) is 10.7 Å². The summed E-state index contributed by atoms with van der Waals surface area (Å²) in [5, 5.41) is 16.3. The number of nitrogens with two attached hydrogens (primary N) is 1. The van der Waals surface area contributed by atoms with Crippen molar-refractivity contribution in [3.05, 3.63) is 130 Å². The number of anilines is 2. The first kappa shape index (κ1) is 25.2. The quantitative estimate of drug-likeness (QED) is 0.253. The van der Waals surface area contributed by atoms with Gasteiger partial charge in [0.2, 0.25) is 5.91 Å². The Labute approximate surface area is 242 Å². The normalized spacial score (nSPS) is 21.9. The molecule has 5 aromatic rings. The molecule has 1 amide bonds. The van der Waals surface area contributed by atoms with Crippen LogP contribution in [-0.2, 0) is 16.6 Å². The van der Waals surface area contributed by atoms with Crippen LogP contribution in [-0.4, -0.2) is 15.9 Å². The Kier molecular flexibility index (Phi) is 5.77. The van der Waals surface area contributed by atoms with E-state index >= 15 is 0 Å². The first-order valence-electron chi connectivity index (χ1n) is 13.6. The fourth-order valence-electron chi connectivity index (χ4n) is 6.77. The molecule has 2 aromatic heterocycles. The number of fused-ring (bicyclic) bond motifs is 1. The van der Waals surface area contributed by atoms with Crippen LogP contribution in [0.4, 0.5) is 10.9 Å². The van der Waals surface area contributed by atoms with Crippen molar-refractivity contribution in [3.63, 3.8) is 0 Å². The number of aromatic nitrogens is 2. The van der Waals surface area contributed by atoms with Crippen LogP contribution in [0.2, 0.25) is 0 Å². The monoisotopic (exact) mass is 553 g/mol. The van der Waals surface area contributed by atoms with Crippen molar-refractivity contribution in [2.24, 2.45) is 5.41 Å². The summed E-state index contributed by atoms with van der Waals surface area (Å²) in [4.78, 5) is 23.0. The van der Waals surface area contributed by atoms with E-state index in [1.807, 2.05) is 54.8 Å². The number of amides is 1. The maximum absolute atomic E-state index is 14.1. The van der Waals surface area contributed by atoms with Gasteiger partial charge in [-0.15, -0.1) is 11.3 Å². The SMILES string of the molecule is CC1(C(=O)Nc2nc(Cc3ccc(-c4ccc(N)nc4)cc3)cs2)CC2(C#N)c3ccccc3C1c1ccccc12. The molecule has 0 fully saturated rings. The van der Waals surface area contributed by atoms with Crippen molar-refractivity contribution in [1.29, 1.82) is 5.26 Å². The third kappa shape index (κ3) is 3.94. The molecule has 3 aromatic carbocycles. The highest BCUT2D eigenvalue weighted by Gasteiger charge is 2.61. The number of nitriles is 1. The Morgan fingerprint density at radius 1 is 1.00 bits per heavy atom. The molecule has 6 nitrogen and oxygen atoms in total. The summed E-state index contributed by atoms with van der Waals surface area (Å²) in [5.41, 5.74) is 12.3. The lowest BCUT2D eigenvalue weighted by Crippen LogP contribution is -2.53. The first-order chi connectivity index (χ1) is 19.9. The molecule has 0 radical (unpaired) electrons. The molecule has 2 heterocycles. The fourth-order valence-corrected chi connectivity index (χ4v) is 7.48. The van der Waals surface area contributed by atoms with E-state index in [9.17, 15) is 10.1 Å². The molecule has 0 spiro atoms. The zero-order valence-electron chi connectivity index (χ0n) is 22.5. The summed E-state index contributed by atoms with van der Waals surface area (Å²) < 4.78 is 0. The molecule has 0 aliphatic heterocycles. The van der Waals surface area contributed by atoms with Crippen LogP contribution in [0.15, 0.2) is 96.5 Å². The number of nitrogen functional groups attached to an aromatic ring is 1. The molecule has 3 aliphatic rings. The van der Waals surface area contributed by atoms with Crippen molar-refractivity contribution in [2.45, 2.75) is 31.1 Å². The summed E-state index contributed by atoms with van der Waals surface area (Å²) in [7, 11) is 0. The number of carbonyl (C=O) groups excluding carboxylic acids is 1. The van der Waals surface area contributed by atoms with Crippen molar-refractivity contribution >= 4 is 28.2 Å². The largest absolute Gasteiger partial charge is 0.384 e. The van der Waals surface area contributed by atoms with E-state index in [-0.39, 0.29) is 11.8 Å². The number of rotatable bonds is 5. The fraction of sp³-hybridized carbons (Fsp3) is 0.176. The zero-order valence-corrected chi connectivity index (χ0v) is 23.3. The molecule has 200 valence electrons. The molecule has 7 heteroatoms. The average Bonchev–Trinajstić information content (AvgIpc) is 3.44. The van der Waals surface area contributed by atoms with Crippen LogP contribution in [0.1, 0.15) is 52.8 Å². The smallest absolute Gasteiger partial charge is 0.233 e. The van der Waals surface area contributed by atoms with Gasteiger partial charge >= 0.3 is 0 Å². The second-order valence-corrected chi connectivity index (χ2v) is 12.0. The van der Waals surface area contributed by atoms with Gasteiger partial charge in [-0.25, -0.2) is 9.97 Å². The second kappa shape index (κ2) is 9.39. The van der Waals surface area contributed by atoms with Crippen molar-refractivity contribution in [2.75, 3.05) is 11.1 Å². The third-order valence-corrected chi connectivity index (χ3v) is 9.48. The second-order valence-electron chi connectivity index (χ2n) is 11.2. The van der Waals surface area contributed by atoms with E-state index in [0.717, 1.165) is 44.6 Å². The lowest BCUT2D eigenvalue weighted by molar-refractivity contribution is -0.127. The number of benzene rings is 3. The molecule has 1 atom stereocenters. The van der Waals surface area contributed by atoms with Crippen LogP contribution in [0, 0.1) is 16.7 Å². The number of hydrogen-bond acceptors (Lipinski definition) is 6. The van der Waals surface area contributed by atoms with Crippen molar-refractivity contribution in [3.8, 4) is 17.2 Å². The van der Waals surface area contributed by atoms with Gasteiger partial charge in [0.15, 0.2) is 5.13 Å². The van der Waals surface area contributed by atoms with Gasteiger partial charge < -0.3 is 11.1 Å². The Hall–Kier alpha value is -4.80. The minimum atomic E-state index is -0.864. The van der Waals surface area contributed by atoms with Gasteiger partial charge in [-0.3, -0.25) is 4.79 Å². The number of nitrogens with one attached hydrogen (secondary N) is 1. The average molecular weight is 554 g/mol.